The molecule has 0 radical (unpaired) electrons. The zero-order chi connectivity index (χ0) is 47.4. The van der Waals surface area contributed by atoms with Crippen molar-refractivity contribution in [3.05, 3.63) is 96.1 Å². The summed E-state index contributed by atoms with van der Waals surface area (Å²) in [5.41, 5.74) is 16.5. The molecular formula is C32H33ClN4O19S6. The molecule has 5 aromatic rings. The van der Waals surface area contributed by atoms with Crippen molar-refractivity contribution >= 4 is 111 Å². The summed E-state index contributed by atoms with van der Waals surface area (Å²) < 4.78 is 177. The van der Waals surface area contributed by atoms with Gasteiger partial charge in [-0.05, 0) is 77.7 Å². The molecular weight excluding hydrogens is 972 g/mol. The molecule has 0 saturated carbocycles. The number of rotatable bonds is 11. The van der Waals surface area contributed by atoms with Crippen LogP contribution in [0.4, 0.5) is 22.7 Å². The van der Waals surface area contributed by atoms with Gasteiger partial charge >= 0.3 is 0 Å². The van der Waals surface area contributed by atoms with Crippen LogP contribution < -0.4 is 22.5 Å². The second kappa shape index (κ2) is 19.1. The number of aromatic hydroxyl groups is 1. The van der Waals surface area contributed by atoms with Crippen molar-refractivity contribution in [2.45, 2.75) is 30.2 Å². The summed E-state index contributed by atoms with van der Waals surface area (Å²) in [5, 5.41) is 12.2. The number of amides is 1. The molecule has 0 spiro atoms. The zero-order valence-electron chi connectivity index (χ0n) is 30.8. The fraction of sp³-hybridized carbons (Fsp3) is 0.0938. The van der Waals surface area contributed by atoms with Crippen molar-refractivity contribution in [1.29, 1.82) is 0 Å². The van der Waals surface area contributed by atoms with Crippen molar-refractivity contribution in [1.82, 2.24) is 0 Å². The maximum Gasteiger partial charge on any atom is 0.296 e. The van der Waals surface area contributed by atoms with Crippen molar-refractivity contribution in [2.75, 3.05) is 34.2 Å². The maximum absolute atomic E-state index is 12.4. The Kier molecular flexibility index (Phi) is 15.7. The Morgan fingerprint density at radius 1 is 0.565 bits per heavy atom. The van der Waals surface area contributed by atoms with Crippen LogP contribution in [-0.2, 0) is 66.2 Å². The first kappa shape index (κ1) is 51.2. The van der Waals surface area contributed by atoms with E-state index in [-0.39, 0.29) is 56.5 Å². The van der Waals surface area contributed by atoms with Crippen LogP contribution in [0.2, 0.25) is 0 Å². The third-order valence-corrected chi connectivity index (χ3v) is 14.0. The molecule has 338 valence electrons. The predicted octanol–water partition coefficient (Wildman–Crippen LogP) is 2.30. The van der Waals surface area contributed by atoms with Crippen molar-refractivity contribution < 1.29 is 83.2 Å². The molecule has 0 bridgehead atoms. The Morgan fingerprint density at radius 3 is 1.61 bits per heavy atom. The number of hydrogen-bond acceptors (Lipinski definition) is 17. The van der Waals surface area contributed by atoms with E-state index in [1.165, 1.54) is 24.3 Å². The summed E-state index contributed by atoms with van der Waals surface area (Å²) in [4.78, 5) is 9.28. The standard InChI is InChI=1S/C16H17ClN2O6S2.C10H9NO7S2.C6H7NO6S2/c17-6-7-26(21,22)10-11-2-1-3-12(8-11)16(20)19-13-4-5-15(14(18)9-13)27(23,24)25;11-8-3-6(19(13,14)15)1-5-2-7(20(16,17)18)4-9(12)10(5)8;7-5-2-1-4(14(8,9)10)3-6(5)15(11,12)13/h1-5,8-9H,6-7,10,18H2,(H,19,20)(H,23,24,25);1-4,12H,11H2,(H,13,14,15)(H,16,17,18);1-3H,7H2,(H,8,9,10)(H,11,12,13). The molecule has 62 heavy (non-hydrogen) atoms. The Bertz CT molecular complexity index is 3190. The van der Waals surface area contributed by atoms with Gasteiger partial charge in [0.05, 0.1) is 37.6 Å². The van der Waals surface area contributed by atoms with Gasteiger partial charge in [-0.25, -0.2) is 8.42 Å². The van der Waals surface area contributed by atoms with Gasteiger partial charge in [-0.15, -0.1) is 11.6 Å². The highest BCUT2D eigenvalue weighted by Gasteiger charge is 2.21. The summed E-state index contributed by atoms with van der Waals surface area (Å²) in [6, 6.07) is 15.6. The van der Waals surface area contributed by atoms with Gasteiger partial charge in [0.15, 0.2) is 9.84 Å². The minimum absolute atomic E-state index is 0.00444. The van der Waals surface area contributed by atoms with Gasteiger partial charge in [0.25, 0.3) is 56.5 Å². The molecule has 5 rings (SSSR count). The number of nitrogens with one attached hydrogen (secondary N) is 1. The molecule has 0 aromatic heterocycles. The number of nitrogen functional groups attached to an aromatic ring is 3. The van der Waals surface area contributed by atoms with Gasteiger partial charge < -0.3 is 27.6 Å². The average molecular weight is 1010 g/mol. The van der Waals surface area contributed by atoms with Gasteiger partial charge in [0, 0.05) is 34.3 Å². The van der Waals surface area contributed by atoms with Gasteiger partial charge in [-0.1, -0.05) is 12.1 Å². The fourth-order valence-electron chi connectivity index (χ4n) is 4.98. The summed E-state index contributed by atoms with van der Waals surface area (Å²) >= 11 is 5.47. The lowest BCUT2D eigenvalue weighted by Gasteiger charge is -2.09. The molecule has 0 aliphatic carbocycles. The first-order chi connectivity index (χ1) is 28.1. The molecule has 23 nitrogen and oxygen atoms in total. The van der Waals surface area contributed by atoms with Crippen LogP contribution in [0, 0.1) is 0 Å². The molecule has 0 unspecified atom stereocenters. The molecule has 0 aliphatic heterocycles. The van der Waals surface area contributed by atoms with E-state index in [9.17, 15) is 60.4 Å². The summed E-state index contributed by atoms with van der Waals surface area (Å²) in [7, 11) is -26.1. The first-order valence-corrected chi connectivity index (χ1v) is 25.6. The van der Waals surface area contributed by atoms with E-state index in [0.717, 1.165) is 42.5 Å². The molecule has 0 fully saturated rings. The Balaban J connectivity index is 0.000000259. The van der Waals surface area contributed by atoms with Gasteiger partial charge in [-0.2, -0.15) is 42.1 Å². The lowest BCUT2D eigenvalue weighted by molar-refractivity contribution is 0.102. The molecule has 0 aliphatic rings. The summed E-state index contributed by atoms with van der Waals surface area (Å²) in [6.07, 6.45) is 0. The van der Waals surface area contributed by atoms with Crippen molar-refractivity contribution in [3.63, 3.8) is 0 Å². The van der Waals surface area contributed by atoms with E-state index in [1.807, 2.05) is 0 Å². The topological polar surface area (TPSA) is 433 Å². The average Bonchev–Trinajstić information content (AvgIpc) is 3.09. The van der Waals surface area contributed by atoms with Gasteiger partial charge in [0.1, 0.15) is 15.5 Å². The van der Waals surface area contributed by atoms with E-state index >= 15 is 0 Å². The van der Waals surface area contributed by atoms with E-state index in [4.69, 9.17) is 51.6 Å². The number of sulfone groups is 1. The SMILES string of the molecule is Nc1cc(NC(=O)c2cccc(CS(=O)(=O)CCCl)c2)ccc1S(=O)(=O)O.Nc1cc(S(=O)(=O)O)cc2cc(S(=O)(=O)O)cc(O)c12.Nc1ccc(S(=O)(=O)O)cc1S(=O)(=O)O. The summed E-state index contributed by atoms with van der Waals surface area (Å²) in [6.45, 7) is 0. The zero-order valence-corrected chi connectivity index (χ0v) is 36.4. The monoisotopic (exact) mass is 1000 g/mol. The molecule has 13 N–H and O–H groups in total. The number of alkyl halides is 1. The van der Waals surface area contributed by atoms with E-state index in [1.54, 1.807) is 12.1 Å². The predicted molar refractivity (Wildman–Crippen MR) is 223 cm³/mol. The van der Waals surface area contributed by atoms with Crippen LogP contribution in [0.25, 0.3) is 10.8 Å². The highest BCUT2D eigenvalue weighted by atomic mass is 35.5. The van der Waals surface area contributed by atoms with E-state index in [2.05, 4.69) is 5.32 Å². The first-order valence-electron chi connectivity index (χ1n) is 16.0. The molecule has 0 saturated heterocycles. The van der Waals surface area contributed by atoms with Crippen LogP contribution in [0.5, 0.6) is 5.75 Å². The number of phenolic OH excluding ortho intramolecular Hbond substituents is 1. The Labute approximate surface area is 358 Å². The second-order valence-corrected chi connectivity index (χ2v) is 21.9. The number of carbonyl (C=O) groups is 1. The minimum atomic E-state index is -4.62. The fourth-order valence-corrected chi connectivity index (χ4v) is 9.66. The number of phenols is 1. The number of anilines is 4. The lowest BCUT2D eigenvalue weighted by atomic mass is 10.1. The van der Waals surface area contributed by atoms with Gasteiger partial charge in [-0.3, -0.25) is 27.6 Å². The van der Waals surface area contributed by atoms with E-state index in [0.29, 0.717) is 11.6 Å². The molecule has 30 heteroatoms. The molecule has 1 amide bonds. The second-order valence-electron chi connectivity index (χ2n) is 12.3. The van der Waals surface area contributed by atoms with Crippen molar-refractivity contribution in [3.8, 4) is 5.75 Å². The third-order valence-electron chi connectivity index (χ3n) is 7.67. The van der Waals surface area contributed by atoms with Crippen LogP contribution >= 0.6 is 11.6 Å². The van der Waals surface area contributed by atoms with Crippen LogP contribution in [0.1, 0.15) is 15.9 Å². The summed E-state index contributed by atoms with van der Waals surface area (Å²) in [5.74, 6) is -1.50. The van der Waals surface area contributed by atoms with Crippen molar-refractivity contribution in [2.24, 2.45) is 0 Å². The van der Waals surface area contributed by atoms with Crippen LogP contribution in [0.15, 0.2) is 109 Å². The highest BCUT2D eigenvalue weighted by molar-refractivity contribution is 7.90. The minimum Gasteiger partial charge on any atom is -0.507 e. The van der Waals surface area contributed by atoms with Crippen LogP contribution in [-0.4, -0.2) is 95.9 Å². The molecule has 0 heterocycles. The number of benzene rings is 5. The van der Waals surface area contributed by atoms with Crippen LogP contribution in [0.3, 0.4) is 0 Å². The Hall–Kier alpha value is -5.18. The quantitative estimate of drug-likeness (QED) is 0.0515. The normalized spacial score (nSPS) is 12.4. The number of hydrogen-bond donors (Lipinski definition) is 10. The smallest absolute Gasteiger partial charge is 0.296 e. The largest absolute Gasteiger partial charge is 0.507 e. The maximum atomic E-state index is 12.4. The number of nitrogens with two attached hydrogens (primary N) is 3. The lowest BCUT2D eigenvalue weighted by Crippen LogP contribution is -2.14. The van der Waals surface area contributed by atoms with Gasteiger partial charge in [0.2, 0.25) is 0 Å². The number of carbonyl (C=O) groups excluding carboxylic acids is 1. The number of fused-ring (bicyclic) bond motifs is 1. The number of halogens is 1. The third kappa shape index (κ3) is 14.2. The Morgan fingerprint density at radius 2 is 1.11 bits per heavy atom. The molecule has 5 aromatic carbocycles. The highest BCUT2D eigenvalue weighted by Crippen LogP contribution is 2.35. The molecule has 0 atom stereocenters. The van der Waals surface area contributed by atoms with E-state index < -0.39 is 96.6 Å².